The van der Waals surface area contributed by atoms with Crippen LogP contribution in [0.15, 0.2) is 70.0 Å². The van der Waals surface area contributed by atoms with Gasteiger partial charge in [-0.25, -0.2) is 0 Å². The van der Waals surface area contributed by atoms with Crippen molar-refractivity contribution in [3.05, 3.63) is 85.7 Å². The summed E-state index contributed by atoms with van der Waals surface area (Å²) < 4.78 is 0.189. The highest BCUT2D eigenvalue weighted by atomic mass is 79.9. The maximum atomic E-state index is 12.3. The summed E-state index contributed by atoms with van der Waals surface area (Å²) in [6.45, 7) is 4.24. The number of allylic oxidation sites excluding steroid dienone is 7. The van der Waals surface area contributed by atoms with Crippen molar-refractivity contribution in [2.75, 3.05) is 11.9 Å². The molecule has 5 nitrogen and oxygen atoms in total. The molecule has 25 heavy (non-hydrogen) atoms. The van der Waals surface area contributed by atoms with Crippen molar-refractivity contribution in [1.82, 2.24) is 0 Å². The van der Waals surface area contributed by atoms with Crippen molar-refractivity contribution < 1.29 is 9.72 Å². The molecule has 0 radical (unpaired) electrons. The summed E-state index contributed by atoms with van der Waals surface area (Å²) >= 11 is 3.11. The summed E-state index contributed by atoms with van der Waals surface area (Å²) in [5.74, 6) is -0.265. The van der Waals surface area contributed by atoms with Crippen molar-refractivity contribution in [3.8, 4) is 0 Å². The second kappa shape index (κ2) is 6.11. The molecule has 1 heterocycles. The lowest BCUT2D eigenvalue weighted by Gasteiger charge is -2.23. The number of ketones is 1. The van der Waals surface area contributed by atoms with Gasteiger partial charge in [-0.2, -0.15) is 0 Å². The van der Waals surface area contributed by atoms with Gasteiger partial charge in [-0.15, -0.1) is 0 Å². The molecular weight excluding hydrogens is 384 g/mol. The zero-order valence-electron chi connectivity index (χ0n) is 14.1. The van der Waals surface area contributed by atoms with Crippen LogP contribution < -0.4 is 4.90 Å². The minimum absolute atomic E-state index is 0.113. The molecular formula is C19H17BrN2O3. The maximum absolute atomic E-state index is 12.3. The average molecular weight is 401 g/mol. The molecule has 1 aliphatic heterocycles. The van der Waals surface area contributed by atoms with E-state index in [4.69, 9.17) is 0 Å². The number of hydrogen-bond acceptors (Lipinski definition) is 4. The van der Waals surface area contributed by atoms with E-state index in [-0.39, 0.29) is 27.0 Å². The summed E-state index contributed by atoms with van der Waals surface area (Å²) in [7, 11) is 1.98. The molecule has 0 amide bonds. The lowest BCUT2D eigenvalue weighted by atomic mass is 9.83. The molecule has 1 aromatic carbocycles. The van der Waals surface area contributed by atoms with E-state index < -0.39 is 4.92 Å². The van der Waals surface area contributed by atoms with E-state index in [9.17, 15) is 14.9 Å². The number of likely N-dealkylation sites (N-methyl/N-ethyl adjacent to an activating group) is 1. The van der Waals surface area contributed by atoms with Crippen LogP contribution in [0.4, 0.5) is 5.69 Å². The first-order valence-electron chi connectivity index (χ1n) is 7.77. The molecule has 0 saturated heterocycles. The second-order valence-corrected chi connectivity index (χ2v) is 7.38. The third-order valence-electron chi connectivity index (χ3n) is 4.63. The first kappa shape index (κ1) is 17.4. The van der Waals surface area contributed by atoms with Gasteiger partial charge in [0.1, 0.15) is 0 Å². The van der Waals surface area contributed by atoms with Gasteiger partial charge in [0.15, 0.2) is 5.78 Å². The van der Waals surface area contributed by atoms with Gasteiger partial charge in [0.05, 0.1) is 9.41 Å². The standard InChI is InChI=1S/C19H17BrN2O3/c1-19(2)14-6-4-5-7-16(14)21(3)17(19)9-8-12-10-13(22(24)25)11-15(20)18(12)23/h4-11H,1-3H3/b12-8+,17-9+. The van der Waals surface area contributed by atoms with Crippen LogP contribution in [0, 0.1) is 10.1 Å². The smallest absolute Gasteiger partial charge is 0.271 e. The van der Waals surface area contributed by atoms with Crippen molar-refractivity contribution in [1.29, 1.82) is 0 Å². The second-order valence-electron chi connectivity index (χ2n) is 6.52. The number of carbonyl (C=O) groups is 1. The van der Waals surface area contributed by atoms with Crippen LogP contribution in [0.25, 0.3) is 0 Å². The van der Waals surface area contributed by atoms with Gasteiger partial charge >= 0.3 is 0 Å². The first-order chi connectivity index (χ1) is 11.7. The molecule has 0 atom stereocenters. The number of benzene rings is 1. The van der Waals surface area contributed by atoms with E-state index in [0.717, 1.165) is 11.4 Å². The Morgan fingerprint density at radius 2 is 1.88 bits per heavy atom. The number of para-hydroxylation sites is 1. The number of nitro groups is 1. The molecule has 0 saturated carbocycles. The molecule has 0 aromatic heterocycles. The Morgan fingerprint density at radius 3 is 2.52 bits per heavy atom. The molecule has 2 aliphatic rings. The van der Waals surface area contributed by atoms with Crippen LogP contribution in [0.3, 0.4) is 0 Å². The molecule has 1 aliphatic carbocycles. The summed E-state index contributed by atoms with van der Waals surface area (Å²) in [5.41, 5.74) is 3.31. The SMILES string of the molecule is CN1/C(=C/C=C2\C=C([N+](=O)[O-])C=C(Br)C2=O)C(C)(C)c2ccccc21. The van der Waals surface area contributed by atoms with Crippen LogP contribution in [0.5, 0.6) is 0 Å². The number of hydrogen-bond donors (Lipinski definition) is 0. The van der Waals surface area contributed by atoms with Gasteiger partial charge in [0.25, 0.3) is 5.70 Å². The fourth-order valence-corrected chi connectivity index (χ4v) is 3.76. The zero-order valence-corrected chi connectivity index (χ0v) is 15.7. The van der Waals surface area contributed by atoms with Crippen molar-refractivity contribution in [3.63, 3.8) is 0 Å². The van der Waals surface area contributed by atoms with Crippen LogP contribution >= 0.6 is 15.9 Å². The summed E-state index contributed by atoms with van der Waals surface area (Å²) in [4.78, 5) is 24.9. The Morgan fingerprint density at radius 1 is 1.20 bits per heavy atom. The van der Waals surface area contributed by atoms with E-state index >= 15 is 0 Å². The van der Waals surface area contributed by atoms with Crippen molar-refractivity contribution in [2.24, 2.45) is 0 Å². The Labute approximate surface area is 154 Å². The predicted octanol–water partition coefficient (Wildman–Crippen LogP) is 4.25. The van der Waals surface area contributed by atoms with Crippen LogP contribution in [0.2, 0.25) is 0 Å². The Bertz CT molecular complexity index is 907. The quantitative estimate of drug-likeness (QED) is 0.422. The number of halogens is 1. The molecule has 0 fully saturated rings. The zero-order chi connectivity index (χ0) is 18.4. The monoisotopic (exact) mass is 400 g/mol. The highest BCUT2D eigenvalue weighted by Crippen LogP contribution is 2.46. The molecule has 128 valence electrons. The lowest BCUT2D eigenvalue weighted by molar-refractivity contribution is -0.419. The van der Waals surface area contributed by atoms with E-state index in [1.165, 1.54) is 17.7 Å². The van der Waals surface area contributed by atoms with Gasteiger partial charge in [-0.05, 0) is 39.7 Å². The van der Waals surface area contributed by atoms with Gasteiger partial charge in [-0.3, -0.25) is 14.9 Å². The lowest BCUT2D eigenvalue weighted by Crippen LogP contribution is -2.22. The van der Waals surface area contributed by atoms with Crippen LogP contribution in [-0.4, -0.2) is 17.8 Å². The molecule has 1 aromatic rings. The fourth-order valence-electron chi connectivity index (χ4n) is 3.30. The van der Waals surface area contributed by atoms with E-state index in [1.54, 1.807) is 6.08 Å². The Hall–Kier alpha value is -2.47. The molecule has 0 N–H and O–H groups in total. The molecule has 3 rings (SSSR count). The summed E-state index contributed by atoms with van der Waals surface area (Å²) in [5, 5.41) is 11.0. The van der Waals surface area contributed by atoms with E-state index in [0.29, 0.717) is 0 Å². The van der Waals surface area contributed by atoms with E-state index in [2.05, 4.69) is 46.8 Å². The van der Waals surface area contributed by atoms with Gasteiger partial charge in [0.2, 0.25) is 0 Å². The normalized spacial score (nSPS) is 22.1. The Kier molecular flexibility index (Phi) is 4.24. The molecule has 0 unspecified atom stereocenters. The summed E-state index contributed by atoms with van der Waals surface area (Å²) in [6.07, 6.45) is 6.06. The largest absolute Gasteiger partial charge is 0.347 e. The summed E-state index contributed by atoms with van der Waals surface area (Å²) in [6, 6.07) is 8.15. The predicted molar refractivity (Wildman–Crippen MR) is 101 cm³/mol. The number of fused-ring (bicyclic) bond motifs is 1. The Balaban J connectivity index is 2.05. The number of carbonyl (C=O) groups excluding carboxylic acids is 1. The van der Waals surface area contributed by atoms with Crippen LogP contribution in [0.1, 0.15) is 19.4 Å². The number of Topliss-reactive ketones (excluding diaryl/α,β-unsaturated/α-hetero) is 1. The third kappa shape index (κ3) is 2.87. The van der Waals surface area contributed by atoms with Crippen molar-refractivity contribution >= 4 is 27.4 Å². The van der Waals surface area contributed by atoms with Gasteiger partial charge < -0.3 is 4.90 Å². The van der Waals surface area contributed by atoms with Crippen LogP contribution in [-0.2, 0) is 10.2 Å². The maximum Gasteiger partial charge on any atom is 0.271 e. The first-order valence-corrected chi connectivity index (χ1v) is 8.56. The minimum atomic E-state index is -0.504. The number of rotatable bonds is 2. The van der Waals surface area contributed by atoms with Gasteiger partial charge in [-0.1, -0.05) is 32.0 Å². The molecule has 0 spiro atoms. The minimum Gasteiger partial charge on any atom is -0.347 e. The van der Waals surface area contributed by atoms with Gasteiger partial charge in [0, 0.05) is 41.6 Å². The average Bonchev–Trinajstić information content (AvgIpc) is 2.76. The third-order valence-corrected chi connectivity index (χ3v) is 5.22. The fraction of sp³-hybridized carbons (Fsp3) is 0.211. The number of anilines is 1. The van der Waals surface area contributed by atoms with E-state index in [1.807, 2.05) is 25.3 Å². The topological polar surface area (TPSA) is 63.4 Å². The highest BCUT2D eigenvalue weighted by molar-refractivity contribution is 9.12. The molecule has 6 heteroatoms. The van der Waals surface area contributed by atoms with Crippen molar-refractivity contribution in [2.45, 2.75) is 19.3 Å². The highest BCUT2D eigenvalue weighted by Gasteiger charge is 2.37. The number of nitrogens with zero attached hydrogens (tertiary/aromatic N) is 2. The molecule has 0 bridgehead atoms.